The molecule has 40 heavy (non-hydrogen) atoms. The van der Waals surface area contributed by atoms with Crippen molar-refractivity contribution in [2.24, 2.45) is 29.1 Å². The van der Waals surface area contributed by atoms with Gasteiger partial charge in [-0.1, -0.05) is 18.2 Å². The van der Waals surface area contributed by atoms with E-state index in [0.29, 0.717) is 47.7 Å². The molecule has 1 aromatic heterocycles. The predicted molar refractivity (Wildman–Crippen MR) is 153 cm³/mol. The number of nitrogens with zero attached hydrogens (tertiary/aromatic N) is 3. The Balaban J connectivity index is 1.07. The number of rotatable bonds is 10. The van der Waals surface area contributed by atoms with Gasteiger partial charge in [-0.2, -0.15) is 10.2 Å². The highest BCUT2D eigenvalue weighted by Crippen LogP contribution is 2.60. The van der Waals surface area contributed by atoms with Crippen LogP contribution in [0.15, 0.2) is 30.5 Å². The van der Waals surface area contributed by atoms with Crippen molar-refractivity contribution in [3.8, 4) is 11.8 Å². The molecule has 2 aromatic rings. The van der Waals surface area contributed by atoms with E-state index in [0.717, 1.165) is 43.5 Å². The number of para-hydroxylation sites is 1. The van der Waals surface area contributed by atoms with Gasteiger partial charge in [-0.25, -0.2) is 4.98 Å². The molecule has 5 fully saturated rings. The van der Waals surface area contributed by atoms with Crippen molar-refractivity contribution in [3.05, 3.63) is 41.6 Å². The third-order valence-electron chi connectivity index (χ3n) is 9.55. The highest BCUT2D eigenvalue weighted by Gasteiger charge is 2.55. The van der Waals surface area contributed by atoms with Gasteiger partial charge in [-0.3, -0.25) is 0 Å². The molecule has 2 heterocycles. The first-order valence-corrected chi connectivity index (χ1v) is 14.7. The average Bonchev–Trinajstić information content (AvgIpc) is 2.95. The van der Waals surface area contributed by atoms with Crippen molar-refractivity contribution < 1.29 is 14.2 Å². The summed E-state index contributed by atoms with van der Waals surface area (Å²) in [4.78, 5) is 9.09. The van der Waals surface area contributed by atoms with Gasteiger partial charge in [0.25, 0.3) is 0 Å². The van der Waals surface area contributed by atoms with E-state index in [1.807, 2.05) is 38.1 Å². The molecule has 4 saturated carbocycles. The zero-order chi connectivity index (χ0) is 27.7. The minimum atomic E-state index is -0.458. The molecule has 0 spiro atoms. The van der Waals surface area contributed by atoms with Crippen LogP contribution in [0.2, 0.25) is 0 Å². The Labute approximate surface area is 237 Å². The van der Waals surface area contributed by atoms with E-state index >= 15 is 0 Å². The maximum absolute atomic E-state index is 9.74. The zero-order valence-corrected chi connectivity index (χ0v) is 23.9. The number of hydrogen-bond acceptors (Lipinski definition) is 9. The zero-order valence-electron chi connectivity index (χ0n) is 23.9. The smallest absolute Gasteiger partial charge is 0.224 e. The van der Waals surface area contributed by atoms with Crippen LogP contribution in [0.4, 0.5) is 11.8 Å². The molecule has 9 nitrogen and oxygen atoms in total. The van der Waals surface area contributed by atoms with Crippen molar-refractivity contribution in [1.29, 1.82) is 5.26 Å². The van der Waals surface area contributed by atoms with Gasteiger partial charge in [0.2, 0.25) is 5.95 Å². The van der Waals surface area contributed by atoms with Gasteiger partial charge in [0, 0.05) is 37.2 Å². The highest BCUT2D eigenvalue weighted by atomic mass is 16.7. The lowest BCUT2D eigenvalue weighted by molar-refractivity contribution is -0.261. The number of methoxy groups -OCH3 is 1. The topological polar surface area (TPSA) is 113 Å². The molecule has 0 radical (unpaired) electrons. The fraction of sp³-hybridized carbons (Fsp3) is 0.645. The van der Waals surface area contributed by atoms with Crippen LogP contribution in [-0.2, 0) is 16.0 Å². The Morgan fingerprint density at radius 2 is 1.82 bits per heavy atom. The molecular weight excluding hydrogens is 504 g/mol. The van der Waals surface area contributed by atoms with Gasteiger partial charge in [-0.15, -0.1) is 0 Å². The summed E-state index contributed by atoms with van der Waals surface area (Å²) in [5.74, 6) is 4.10. The van der Waals surface area contributed by atoms with Crippen molar-refractivity contribution in [2.75, 3.05) is 44.0 Å². The van der Waals surface area contributed by atoms with E-state index < -0.39 is 5.79 Å². The third-order valence-corrected chi connectivity index (χ3v) is 9.55. The van der Waals surface area contributed by atoms with Crippen LogP contribution >= 0.6 is 0 Å². The molecule has 3 N–H and O–H groups in total. The lowest BCUT2D eigenvalue weighted by Crippen LogP contribution is -2.60. The van der Waals surface area contributed by atoms with E-state index in [4.69, 9.17) is 19.2 Å². The van der Waals surface area contributed by atoms with Gasteiger partial charge in [-0.05, 0) is 75.2 Å². The van der Waals surface area contributed by atoms with Gasteiger partial charge in [0.1, 0.15) is 23.2 Å². The Morgan fingerprint density at radius 3 is 2.55 bits per heavy atom. The standard InChI is InChI=1S/C31H42N6O3/c1-30(2)39-17-21(18-40-30)14-33-27-23-8-20-9-24(27)12-31(10-20,11-23)19-36-28-25(13-32)16-35-29(37-28)34-15-22-6-4-5-7-26(22)38-3/h4-7,16,20-21,23-24,27,33H,8-12,14-15,17-19H2,1-3H3,(H2,34,35,36,37)/t20?,23-,24+,27-,31+. The molecule has 9 heteroatoms. The van der Waals surface area contributed by atoms with E-state index in [9.17, 15) is 5.26 Å². The molecule has 1 aromatic carbocycles. The molecule has 4 aliphatic carbocycles. The van der Waals surface area contributed by atoms with Gasteiger partial charge < -0.3 is 30.2 Å². The molecule has 1 aliphatic heterocycles. The maximum atomic E-state index is 9.74. The normalized spacial score (nSPS) is 30.6. The predicted octanol–water partition coefficient (Wildman–Crippen LogP) is 4.56. The Bertz CT molecular complexity index is 1220. The molecule has 0 amide bonds. The first-order chi connectivity index (χ1) is 19.4. The summed E-state index contributed by atoms with van der Waals surface area (Å²) >= 11 is 0. The number of nitrogens with one attached hydrogen (secondary N) is 3. The number of benzene rings is 1. The summed E-state index contributed by atoms with van der Waals surface area (Å²) in [5, 5.41) is 20.6. The molecule has 1 unspecified atom stereocenters. The van der Waals surface area contributed by atoms with Gasteiger partial charge in [0.15, 0.2) is 5.79 Å². The summed E-state index contributed by atoms with van der Waals surface area (Å²) < 4.78 is 17.2. The van der Waals surface area contributed by atoms with Crippen molar-refractivity contribution in [2.45, 2.75) is 64.3 Å². The quantitative estimate of drug-likeness (QED) is 0.394. The summed E-state index contributed by atoms with van der Waals surface area (Å²) in [5.41, 5.74) is 1.77. The maximum Gasteiger partial charge on any atom is 0.224 e. The number of nitriles is 1. The van der Waals surface area contributed by atoms with Crippen LogP contribution in [0.5, 0.6) is 5.75 Å². The molecule has 7 rings (SSSR count). The van der Waals surface area contributed by atoms with E-state index in [-0.39, 0.29) is 5.41 Å². The molecule has 5 atom stereocenters. The second-order valence-corrected chi connectivity index (χ2v) is 12.9. The molecule has 5 aliphatic rings. The number of hydrogen-bond donors (Lipinski definition) is 3. The van der Waals surface area contributed by atoms with Crippen LogP contribution in [0.1, 0.15) is 57.1 Å². The Kier molecular flexibility index (Phi) is 7.60. The number of ether oxygens (including phenoxy) is 3. The van der Waals surface area contributed by atoms with E-state index in [1.54, 1.807) is 13.3 Å². The van der Waals surface area contributed by atoms with Gasteiger partial charge >= 0.3 is 0 Å². The Morgan fingerprint density at radius 1 is 1.07 bits per heavy atom. The number of aromatic nitrogens is 2. The lowest BCUT2D eigenvalue weighted by Gasteiger charge is -2.60. The second-order valence-electron chi connectivity index (χ2n) is 12.9. The number of anilines is 2. The van der Waals surface area contributed by atoms with Crippen LogP contribution in [0, 0.1) is 40.4 Å². The fourth-order valence-corrected chi connectivity index (χ4v) is 7.87. The fourth-order valence-electron chi connectivity index (χ4n) is 7.87. The van der Waals surface area contributed by atoms with Crippen molar-refractivity contribution >= 4 is 11.8 Å². The van der Waals surface area contributed by atoms with Crippen LogP contribution in [0.25, 0.3) is 0 Å². The largest absolute Gasteiger partial charge is 0.496 e. The minimum absolute atomic E-state index is 0.262. The highest BCUT2D eigenvalue weighted by molar-refractivity contribution is 5.53. The van der Waals surface area contributed by atoms with Crippen LogP contribution in [-0.4, -0.2) is 55.2 Å². The van der Waals surface area contributed by atoms with Crippen molar-refractivity contribution in [1.82, 2.24) is 15.3 Å². The summed E-state index contributed by atoms with van der Waals surface area (Å²) in [6.45, 7) is 7.84. The van der Waals surface area contributed by atoms with Crippen molar-refractivity contribution in [3.63, 3.8) is 0 Å². The summed E-state index contributed by atoms with van der Waals surface area (Å²) in [7, 11) is 1.67. The van der Waals surface area contributed by atoms with Crippen LogP contribution in [0.3, 0.4) is 0 Å². The molecule has 1 saturated heterocycles. The molecule has 214 valence electrons. The van der Waals surface area contributed by atoms with E-state index in [2.05, 4.69) is 27.0 Å². The summed E-state index contributed by atoms with van der Waals surface area (Å²) in [6.07, 6.45) is 7.98. The van der Waals surface area contributed by atoms with E-state index in [1.165, 1.54) is 32.1 Å². The van der Waals surface area contributed by atoms with Gasteiger partial charge in [0.05, 0.1) is 26.5 Å². The van der Waals surface area contributed by atoms with Crippen LogP contribution < -0.4 is 20.7 Å². The first kappa shape index (κ1) is 27.3. The molecular formula is C31H42N6O3. The Hall–Kier alpha value is -2.93. The lowest BCUT2D eigenvalue weighted by atomic mass is 9.48. The molecule has 4 bridgehead atoms. The second kappa shape index (κ2) is 11.2. The minimum Gasteiger partial charge on any atom is -0.496 e. The first-order valence-electron chi connectivity index (χ1n) is 14.7. The third kappa shape index (κ3) is 5.76. The summed E-state index contributed by atoms with van der Waals surface area (Å²) in [6, 6.07) is 10.7. The SMILES string of the molecule is COc1ccccc1CNc1ncc(C#N)c(NC[C@@]23CC4C[C@H](C2)[C@@H](NCC2COC(C)(C)OC2)[C@@H](C4)C3)n1. The monoisotopic (exact) mass is 546 g/mol. The average molecular weight is 547 g/mol.